The fraction of sp³-hybridized carbons (Fsp3) is 0.0833. The highest BCUT2D eigenvalue weighted by atomic mass is 79.9. The molecule has 3 heteroatoms. The molecule has 76 valence electrons. The third-order valence-corrected chi connectivity index (χ3v) is 2.89. The van der Waals surface area contributed by atoms with Gasteiger partial charge in [0.2, 0.25) is 0 Å². The van der Waals surface area contributed by atoms with E-state index in [1.54, 1.807) is 6.20 Å². The van der Waals surface area contributed by atoms with Crippen LogP contribution in [0.15, 0.2) is 47.1 Å². The normalized spacial score (nSPS) is 10.0. The first-order valence-corrected chi connectivity index (χ1v) is 5.49. The van der Waals surface area contributed by atoms with Crippen molar-refractivity contribution >= 4 is 21.6 Å². The summed E-state index contributed by atoms with van der Waals surface area (Å²) in [6, 6.07) is 12.0. The van der Waals surface area contributed by atoms with Gasteiger partial charge in [0.05, 0.1) is 5.69 Å². The number of halogens is 1. The average Bonchev–Trinajstić information content (AvgIpc) is 2.30. The van der Waals surface area contributed by atoms with Gasteiger partial charge < -0.3 is 5.32 Å². The molecule has 0 fully saturated rings. The lowest BCUT2D eigenvalue weighted by Gasteiger charge is -2.05. The van der Waals surface area contributed by atoms with Crippen LogP contribution in [0.4, 0.5) is 5.69 Å². The monoisotopic (exact) mass is 262 g/mol. The highest BCUT2D eigenvalue weighted by Crippen LogP contribution is 2.27. The first-order valence-electron chi connectivity index (χ1n) is 4.70. The Bertz CT molecular complexity index is 469. The van der Waals surface area contributed by atoms with E-state index in [0.29, 0.717) is 0 Å². The highest BCUT2D eigenvalue weighted by molar-refractivity contribution is 9.10. The summed E-state index contributed by atoms with van der Waals surface area (Å²) in [5, 5.41) is 3.10. The van der Waals surface area contributed by atoms with Crippen LogP contribution < -0.4 is 5.32 Å². The number of nitrogens with one attached hydrogen (secondary N) is 1. The van der Waals surface area contributed by atoms with Crippen LogP contribution in [0.3, 0.4) is 0 Å². The molecular formula is C12H11BrN2. The lowest BCUT2D eigenvalue weighted by Crippen LogP contribution is -1.90. The molecule has 2 aromatic rings. The van der Waals surface area contributed by atoms with Gasteiger partial charge in [0.1, 0.15) is 0 Å². The molecule has 0 radical (unpaired) electrons. The summed E-state index contributed by atoms with van der Waals surface area (Å²) in [6.07, 6.45) is 1.81. The number of aromatic nitrogens is 1. The molecule has 0 aliphatic heterocycles. The van der Waals surface area contributed by atoms with Crippen molar-refractivity contribution in [3.05, 3.63) is 47.1 Å². The van der Waals surface area contributed by atoms with Gasteiger partial charge >= 0.3 is 0 Å². The molecule has 2 rings (SSSR count). The summed E-state index contributed by atoms with van der Waals surface area (Å²) < 4.78 is 1.06. The van der Waals surface area contributed by atoms with Crippen molar-refractivity contribution in [2.24, 2.45) is 0 Å². The minimum absolute atomic E-state index is 0.967. The Balaban J connectivity index is 2.49. The minimum atomic E-state index is 0.967. The third kappa shape index (κ3) is 2.18. The smallest absolute Gasteiger partial charge is 0.0733 e. The summed E-state index contributed by atoms with van der Waals surface area (Å²) in [5.41, 5.74) is 3.14. The molecule has 0 amide bonds. The molecule has 1 aromatic carbocycles. The molecule has 0 atom stereocenters. The van der Waals surface area contributed by atoms with Crippen molar-refractivity contribution in [1.82, 2.24) is 4.98 Å². The number of anilines is 1. The molecule has 0 bridgehead atoms. The highest BCUT2D eigenvalue weighted by Gasteiger charge is 2.03. The molecule has 1 aromatic heterocycles. The van der Waals surface area contributed by atoms with Crippen molar-refractivity contribution in [3.63, 3.8) is 0 Å². The Morgan fingerprint density at radius 1 is 1.20 bits per heavy atom. The van der Waals surface area contributed by atoms with Crippen LogP contribution in [0.5, 0.6) is 0 Å². The van der Waals surface area contributed by atoms with Crippen LogP contribution in [0, 0.1) is 0 Å². The molecule has 0 aliphatic rings. The standard InChI is InChI=1S/C12H11BrN2/c1-14-9-6-7-15-12(8-9)10-4-2-3-5-11(10)13/h2-8H,1H3,(H,14,15). The number of benzene rings is 1. The lowest BCUT2D eigenvalue weighted by molar-refractivity contribution is 1.31. The molecule has 0 saturated carbocycles. The van der Waals surface area contributed by atoms with Crippen LogP contribution in [0.1, 0.15) is 0 Å². The SMILES string of the molecule is CNc1ccnc(-c2ccccc2Br)c1. The quantitative estimate of drug-likeness (QED) is 0.896. The van der Waals surface area contributed by atoms with Gasteiger partial charge in [-0.2, -0.15) is 0 Å². The summed E-state index contributed by atoms with van der Waals surface area (Å²) in [5.74, 6) is 0. The zero-order valence-corrected chi connectivity index (χ0v) is 9.95. The average molecular weight is 263 g/mol. The van der Waals surface area contributed by atoms with E-state index >= 15 is 0 Å². The van der Waals surface area contributed by atoms with Gasteiger partial charge in [-0.1, -0.05) is 34.1 Å². The molecule has 0 unspecified atom stereocenters. The van der Waals surface area contributed by atoms with Gasteiger partial charge in [0.15, 0.2) is 0 Å². The zero-order valence-electron chi connectivity index (χ0n) is 8.37. The van der Waals surface area contributed by atoms with Crippen molar-refractivity contribution in [2.75, 3.05) is 12.4 Å². The van der Waals surface area contributed by atoms with E-state index in [-0.39, 0.29) is 0 Å². The minimum Gasteiger partial charge on any atom is -0.388 e. The number of rotatable bonds is 2. The van der Waals surface area contributed by atoms with E-state index in [1.165, 1.54) is 0 Å². The molecule has 15 heavy (non-hydrogen) atoms. The van der Waals surface area contributed by atoms with Crippen molar-refractivity contribution < 1.29 is 0 Å². The summed E-state index contributed by atoms with van der Waals surface area (Å²) in [4.78, 5) is 4.35. The van der Waals surface area contributed by atoms with E-state index in [0.717, 1.165) is 21.4 Å². The number of nitrogens with zero attached hydrogens (tertiary/aromatic N) is 1. The fourth-order valence-corrected chi connectivity index (χ4v) is 1.89. The Morgan fingerprint density at radius 3 is 2.73 bits per heavy atom. The van der Waals surface area contributed by atoms with Gasteiger partial charge in [-0.05, 0) is 18.2 Å². The second-order valence-corrected chi connectivity index (χ2v) is 4.01. The summed E-state index contributed by atoms with van der Waals surface area (Å²) in [6.45, 7) is 0. The fourth-order valence-electron chi connectivity index (χ4n) is 1.40. The van der Waals surface area contributed by atoms with E-state index < -0.39 is 0 Å². The third-order valence-electron chi connectivity index (χ3n) is 2.20. The Hall–Kier alpha value is -1.35. The molecule has 0 spiro atoms. The predicted octanol–water partition coefficient (Wildman–Crippen LogP) is 3.55. The van der Waals surface area contributed by atoms with Crippen LogP contribution in [-0.2, 0) is 0 Å². The van der Waals surface area contributed by atoms with Crippen LogP contribution in [0.25, 0.3) is 11.3 Å². The Labute approximate surface area is 97.5 Å². The van der Waals surface area contributed by atoms with Crippen LogP contribution in [-0.4, -0.2) is 12.0 Å². The van der Waals surface area contributed by atoms with E-state index in [1.807, 2.05) is 43.4 Å². The first-order chi connectivity index (χ1) is 7.31. The van der Waals surface area contributed by atoms with E-state index in [9.17, 15) is 0 Å². The number of hydrogen-bond donors (Lipinski definition) is 1. The molecule has 0 aliphatic carbocycles. The lowest BCUT2D eigenvalue weighted by atomic mass is 10.1. The van der Waals surface area contributed by atoms with Gasteiger partial charge in [-0.15, -0.1) is 0 Å². The van der Waals surface area contributed by atoms with E-state index in [4.69, 9.17) is 0 Å². The Morgan fingerprint density at radius 2 is 2.00 bits per heavy atom. The second kappa shape index (κ2) is 4.45. The van der Waals surface area contributed by atoms with Gasteiger partial charge in [-0.25, -0.2) is 0 Å². The molecular weight excluding hydrogens is 252 g/mol. The van der Waals surface area contributed by atoms with Gasteiger partial charge in [0, 0.05) is 29.0 Å². The van der Waals surface area contributed by atoms with Gasteiger partial charge in [-0.3, -0.25) is 4.98 Å². The maximum absolute atomic E-state index is 4.35. The summed E-state index contributed by atoms with van der Waals surface area (Å²) in [7, 11) is 1.90. The van der Waals surface area contributed by atoms with Crippen LogP contribution in [0.2, 0.25) is 0 Å². The first kappa shape index (κ1) is 10.2. The topological polar surface area (TPSA) is 24.9 Å². The largest absolute Gasteiger partial charge is 0.388 e. The number of pyridine rings is 1. The van der Waals surface area contributed by atoms with Crippen molar-refractivity contribution in [2.45, 2.75) is 0 Å². The zero-order chi connectivity index (χ0) is 10.7. The van der Waals surface area contributed by atoms with Crippen molar-refractivity contribution in [1.29, 1.82) is 0 Å². The molecule has 2 nitrogen and oxygen atoms in total. The number of hydrogen-bond acceptors (Lipinski definition) is 2. The molecule has 1 heterocycles. The van der Waals surface area contributed by atoms with Crippen LogP contribution >= 0.6 is 15.9 Å². The maximum atomic E-state index is 4.35. The molecule has 1 N–H and O–H groups in total. The van der Waals surface area contributed by atoms with E-state index in [2.05, 4.69) is 26.2 Å². The molecule has 0 saturated heterocycles. The predicted molar refractivity (Wildman–Crippen MR) is 66.9 cm³/mol. The van der Waals surface area contributed by atoms with Crippen molar-refractivity contribution in [3.8, 4) is 11.3 Å². The summed E-state index contributed by atoms with van der Waals surface area (Å²) >= 11 is 3.52. The Kier molecular flexibility index (Phi) is 3.02. The second-order valence-electron chi connectivity index (χ2n) is 3.16. The maximum Gasteiger partial charge on any atom is 0.0733 e. The van der Waals surface area contributed by atoms with Gasteiger partial charge in [0.25, 0.3) is 0 Å².